The van der Waals surface area contributed by atoms with E-state index in [9.17, 15) is 13.6 Å². The number of hydrogen-bond donors (Lipinski definition) is 1. The molecule has 4 rings (SSSR count). The van der Waals surface area contributed by atoms with Crippen LogP contribution in [0.25, 0.3) is 17.3 Å². The van der Waals surface area contributed by atoms with Crippen LogP contribution in [0.1, 0.15) is 5.56 Å². The molecule has 1 aliphatic rings. The fraction of sp³-hybridized carbons (Fsp3) is 0.0526. The highest BCUT2D eigenvalue weighted by Crippen LogP contribution is 2.33. The van der Waals surface area contributed by atoms with Gasteiger partial charge in [-0.05, 0) is 42.0 Å². The fourth-order valence-corrected chi connectivity index (χ4v) is 3.20. The van der Waals surface area contributed by atoms with Crippen LogP contribution >= 0.6 is 11.3 Å². The van der Waals surface area contributed by atoms with Crippen molar-refractivity contribution in [2.24, 2.45) is 0 Å². The monoisotopic (exact) mass is 386 g/mol. The second kappa shape index (κ2) is 7.16. The summed E-state index contributed by atoms with van der Waals surface area (Å²) in [6.07, 6.45) is 2.97. The summed E-state index contributed by atoms with van der Waals surface area (Å²) >= 11 is 1.12. The zero-order valence-corrected chi connectivity index (χ0v) is 14.6. The lowest BCUT2D eigenvalue weighted by atomic mass is 10.1. The third kappa shape index (κ3) is 3.80. The number of nitrogens with one attached hydrogen (secondary N) is 1. The van der Waals surface area contributed by atoms with Gasteiger partial charge in [-0.1, -0.05) is 6.07 Å². The molecule has 3 aromatic rings. The van der Waals surface area contributed by atoms with Crippen molar-refractivity contribution < 1.29 is 23.0 Å². The predicted octanol–water partition coefficient (Wildman–Crippen LogP) is 4.47. The van der Waals surface area contributed by atoms with E-state index >= 15 is 0 Å². The van der Waals surface area contributed by atoms with E-state index in [1.165, 1.54) is 6.08 Å². The second-order valence-corrected chi connectivity index (χ2v) is 6.46. The Bertz CT molecular complexity index is 1050. The van der Waals surface area contributed by atoms with Crippen LogP contribution in [0.3, 0.4) is 0 Å². The number of thiazole rings is 1. The van der Waals surface area contributed by atoms with E-state index in [1.807, 2.05) is 0 Å². The van der Waals surface area contributed by atoms with Gasteiger partial charge in [0.25, 0.3) is 0 Å². The first-order chi connectivity index (χ1) is 13.1. The van der Waals surface area contributed by atoms with Gasteiger partial charge in [0.1, 0.15) is 11.6 Å². The van der Waals surface area contributed by atoms with E-state index in [2.05, 4.69) is 10.3 Å². The average molecular weight is 386 g/mol. The highest BCUT2D eigenvalue weighted by Gasteiger charge is 2.13. The summed E-state index contributed by atoms with van der Waals surface area (Å²) in [4.78, 5) is 16.2. The minimum Gasteiger partial charge on any atom is -0.454 e. The van der Waals surface area contributed by atoms with Gasteiger partial charge in [0.2, 0.25) is 12.7 Å². The van der Waals surface area contributed by atoms with Crippen LogP contribution in [0, 0.1) is 11.6 Å². The molecule has 0 radical (unpaired) electrons. The minimum atomic E-state index is -0.581. The molecule has 1 aromatic heterocycles. The second-order valence-electron chi connectivity index (χ2n) is 5.60. The number of amides is 1. The topological polar surface area (TPSA) is 60.5 Å². The molecule has 5 nitrogen and oxygen atoms in total. The van der Waals surface area contributed by atoms with Crippen LogP contribution in [0.5, 0.6) is 11.5 Å². The molecule has 1 amide bonds. The Kier molecular flexibility index (Phi) is 4.55. The van der Waals surface area contributed by atoms with Gasteiger partial charge in [-0.2, -0.15) is 0 Å². The molecule has 8 heteroatoms. The van der Waals surface area contributed by atoms with Crippen LogP contribution < -0.4 is 14.8 Å². The molecular formula is C19H12F2N2O3S. The van der Waals surface area contributed by atoms with Crippen LogP contribution in [-0.2, 0) is 4.79 Å². The molecule has 27 heavy (non-hydrogen) atoms. The molecule has 0 spiro atoms. The molecule has 0 atom stereocenters. The largest absolute Gasteiger partial charge is 0.454 e. The first-order valence-corrected chi connectivity index (χ1v) is 8.76. The van der Waals surface area contributed by atoms with E-state index < -0.39 is 17.5 Å². The molecule has 1 aliphatic heterocycles. The summed E-state index contributed by atoms with van der Waals surface area (Å²) in [5.41, 5.74) is 1.07. The molecule has 0 saturated carbocycles. The first-order valence-electron chi connectivity index (χ1n) is 7.88. The first kappa shape index (κ1) is 17.2. The molecular weight excluding hydrogens is 374 g/mol. The Labute approximate surface area is 156 Å². The van der Waals surface area contributed by atoms with Gasteiger partial charge in [-0.3, -0.25) is 10.1 Å². The normalized spacial score (nSPS) is 12.5. The number of carbonyl (C=O) groups excluding carboxylic acids is 1. The van der Waals surface area contributed by atoms with Gasteiger partial charge < -0.3 is 9.47 Å². The number of nitrogens with zero attached hydrogens (tertiary/aromatic N) is 1. The lowest BCUT2D eigenvalue weighted by Gasteiger charge is -2.00. The van der Waals surface area contributed by atoms with Crippen LogP contribution in [0.4, 0.5) is 13.9 Å². The number of anilines is 1. The van der Waals surface area contributed by atoms with Crippen LogP contribution in [0.15, 0.2) is 47.9 Å². The Morgan fingerprint density at radius 1 is 1.15 bits per heavy atom. The van der Waals surface area contributed by atoms with E-state index in [1.54, 1.807) is 29.7 Å². The number of fused-ring (bicyclic) bond motifs is 1. The van der Waals surface area contributed by atoms with Crippen molar-refractivity contribution in [3.05, 3.63) is 65.1 Å². The Morgan fingerprint density at radius 2 is 2.00 bits per heavy atom. The summed E-state index contributed by atoms with van der Waals surface area (Å²) < 4.78 is 37.6. The summed E-state index contributed by atoms with van der Waals surface area (Å²) in [5.74, 6) is -0.247. The van der Waals surface area contributed by atoms with Crippen molar-refractivity contribution in [3.8, 4) is 22.8 Å². The Hall–Kier alpha value is -3.26. The highest BCUT2D eigenvalue weighted by atomic mass is 32.1. The third-order valence-electron chi connectivity index (χ3n) is 3.76. The molecule has 0 bridgehead atoms. The third-order valence-corrected chi connectivity index (χ3v) is 4.52. The molecule has 0 unspecified atom stereocenters. The van der Waals surface area contributed by atoms with Crippen molar-refractivity contribution in [2.45, 2.75) is 0 Å². The molecule has 1 N–H and O–H groups in total. The highest BCUT2D eigenvalue weighted by molar-refractivity contribution is 7.14. The standard InChI is InChI=1S/C19H12F2N2O3S/c20-12-3-4-14(21)13(8-12)15-9-27-19(22-15)23-18(24)6-2-11-1-5-16-17(7-11)26-10-25-16/h1-9H,10H2,(H,22,23,24)/b6-2+. The maximum Gasteiger partial charge on any atom is 0.250 e. The van der Waals surface area contributed by atoms with Crippen molar-refractivity contribution in [2.75, 3.05) is 12.1 Å². The van der Waals surface area contributed by atoms with Crippen LogP contribution in [-0.4, -0.2) is 17.7 Å². The van der Waals surface area contributed by atoms with Gasteiger partial charge >= 0.3 is 0 Å². The number of rotatable bonds is 4. The van der Waals surface area contributed by atoms with Crippen molar-refractivity contribution in [1.29, 1.82) is 0 Å². The van der Waals surface area contributed by atoms with Crippen molar-refractivity contribution in [3.63, 3.8) is 0 Å². The zero-order chi connectivity index (χ0) is 18.8. The summed E-state index contributed by atoms with van der Waals surface area (Å²) in [6.45, 7) is 0.182. The van der Waals surface area contributed by atoms with Gasteiger partial charge in [-0.15, -0.1) is 11.3 Å². The van der Waals surface area contributed by atoms with Crippen molar-refractivity contribution >= 4 is 28.5 Å². The SMILES string of the molecule is O=C(/C=C/c1ccc2c(c1)OCO2)Nc1nc(-c2cc(F)ccc2F)cs1. The Morgan fingerprint density at radius 3 is 2.89 bits per heavy atom. The number of aromatic nitrogens is 1. The summed E-state index contributed by atoms with van der Waals surface area (Å²) in [5, 5.41) is 4.43. The predicted molar refractivity (Wildman–Crippen MR) is 97.7 cm³/mol. The maximum atomic E-state index is 13.8. The van der Waals surface area contributed by atoms with Crippen molar-refractivity contribution in [1.82, 2.24) is 4.98 Å². The van der Waals surface area contributed by atoms with Gasteiger partial charge in [0.15, 0.2) is 16.6 Å². The maximum absolute atomic E-state index is 13.8. The molecule has 0 aliphatic carbocycles. The number of halogens is 2. The van der Waals surface area contributed by atoms with Gasteiger partial charge in [-0.25, -0.2) is 13.8 Å². The van der Waals surface area contributed by atoms with Crippen LogP contribution in [0.2, 0.25) is 0 Å². The average Bonchev–Trinajstić information content (AvgIpc) is 3.31. The van der Waals surface area contributed by atoms with E-state index in [0.717, 1.165) is 35.1 Å². The minimum absolute atomic E-state index is 0.0441. The van der Waals surface area contributed by atoms with E-state index in [4.69, 9.17) is 9.47 Å². The fourth-order valence-electron chi connectivity index (χ4n) is 2.48. The van der Waals surface area contributed by atoms with Gasteiger partial charge in [0.05, 0.1) is 5.69 Å². The molecule has 2 heterocycles. The van der Waals surface area contributed by atoms with E-state index in [0.29, 0.717) is 11.5 Å². The zero-order valence-electron chi connectivity index (χ0n) is 13.7. The number of carbonyl (C=O) groups is 1. The quantitative estimate of drug-likeness (QED) is 0.672. The summed E-state index contributed by atoms with van der Waals surface area (Å²) in [6, 6.07) is 8.47. The number of benzene rings is 2. The summed E-state index contributed by atoms with van der Waals surface area (Å²) in [7, 11) is 0. The lowest BCUT2D eigenvalue weighted by molar-refractivity contribution is -0.111. The molecule has 2 aromatic carbocycles. The molecule has 0 saturated heterocycles. The van der Waals surface area contributed by atoms with Gasteiger partial charge in [0, 0.05) is 17.0 Å². The Balaban J connectivity index is 1.44. The smallest absolute Gasteiger partial charge is 0.250 e. The van der Waals surface area contributed by atoms with E-state index in [-0.39, 0.29) is 23.2 Å². The lowest BCUT2D eigenvalue weighted by Crippen LogP contribution is -2.07. The molecule has 136 valence electrons. The number of ether oxygens (including phenoxy) is 2. The molecule has 0 fully saturated rings. The number of hydrogen-bond acceptors (Lipinski definition) is 5.